The van der Waals surface area contributed by atoms with Crippen LogP contribution in [-0.4, -0.2) is 6.41 Å². The van der Waals surface area contributed by atoms with E-state index in [9.17, 15) is 4.79 Å². The van der Waals surface area contributed by atoms with Crippen LogP contribution < -0.4 is 5.32 Å². The molecule has 1 amide bonds. The molecule has 1 aromatic carbocycles. The lowest BCUT2D eigenvalue weighted by atomic mass is 10.1. The Labute approximate surface area is 66.2 Å². The molecule has 1 atom stereocenters. The Morgan fingerprint density at radius 2 is 2.00 bits per heavy atom. The molecule has 0 aliphatic heterocycles. The highest BCUT2D eigenvalue weighted by molar-refractivity contribution is 5.47. The quantitative estimate of drug-likeness (QED) is 0.648. The highest BCUT2D eigenvalue weighted by Crippen LogP contribution is 2.09. The largest absolute Gasteiger partial charge is 0.352 e. The van der Waals surface area contributed by atoms with Gasteiger partial charge in [0.25, 0.3) is 0 Å². The van der Waals surface area contributed by atoms with Crippen LogP contribution in [0.15, 0.2) is 30.3 Å². The van der Waals surface area contributed by atoms with Crippen molar-refractivity contribution < 1.29 is 4.79 Å². The zero-order valence-corrected chi connectivity index (χ0v) is 6.45. The lowest BCUT2D eigenvalue weighted by Crippen LogP contribution is -2.15. The van der Waals surface area contributed by atoms with Crippen molar-refractivity contribution in [1.82, 2.24) is 5.32 Å². The molecule has 11 heavy (non-hydrogen) atoms. The van der Waals surface area contributed by atoms with Crippen LogP contribution in [0.1, 0.15) is 18.5 Å². The van der Waals surface area contributed by atoms with Crippen molar-refractivity contribution >= 4 is 6.41 Å². The van der Waals surface area contributed by atoms with Gasteiger partial charge in [0.1, 0.15) is 0 Å². The van der Waals surface area contributed by atoms with Crippen LogP contribution in [0.2, 0.25) is 0 Å². The van der Waals surface area contributed by atoms with Gasteiger partial charge >= 0.3 is 0 Å². The standard InChI is InChI=1S/C9H11NO/c1-8(10-7-11)9-5-3-2-4-6-9/h2-8H,1H3,(H,10,11)/t8-/m0/s1. The molecule has 1 aromatic rings. The van der Waals surface area contributed by atoms with Gasteiger partial charge < -0.3 is 5.32 Å². The summed E-state index contributed by atoms with van der Waals surface area (Å²) in [7, 11) is 0. The molecule has 0 spiro atoms. The summed E-state index contributed by atoms with van der Waals surface area (Å²) in [4.78, 5) is 10.1. The van der Waals surface area contributed by atoms with E-state index in [1.165, 1.54) is 0 Å². The molecular formula is C9H11NO. The summed E-state index contributed by atoms with van der Waals surface area (Å²) in [5.41, 5.74) is 1.12. The summed E-state index contributed by atoms with van der Waals surface area (Å²) in [6.45, 7) is 1.95. The number of hydrogen-bond donors (Lipinski definition) is 1. The zero-order valence-electron chi connectivity index (χ0n) is 6.45. The first-order valence-corrected chi connectivity index (χ1v) is 3.59. The van der Waals surface area contributed by atoms with Crippen molar-refractivity contribution in [3.05, 3.63) is 35.9 Å². The van der Waals surface area contributed by atoms with Gasteiger partial charge in [-0.2, -0.15) is 0 Å². The van der Waals surface area contributed by atoms with Gasteiger partial charge in [-0.05, 0) is 12.5 Å². The number of amides is 1. The van der Waals surface area contributed by atoms with Crippen molar-refractivity contribution in [2.75, 3.05) is 0 Å². The molecule has 0 fully saturated rings. The van der Waals surface area contributed by atoms with Crippen molar-refractivity contribution in [2.24, 2.45) is 0 Å². The summed E-state index contributed by atoms with van der Waals surface area (Å²) in [5, 5.41) is 2.68. The number of rotatable bonds is 3. The molecule has 1 rings (SSSR count). The van der Waals surface area contributed by atoms with Crippen LogP contribution in [0.4, 0.5) is 0 Å². The summed E-state index contributed by atoms with van der Waals surface area (Å²) in [5.74, 6) is 0. The second kappa shape index (κ2) is 3.76. The van der Waals surface area contributed by atoms with Gasteiger partial charge in [0.15, 0.2) is 0 Å². The van der Waals surface area contributed by atoms with E-state index in [0.29, 0.717) is 0 Å². The fraction of sp³-hybridized carbons (Fsp3) is 0.222. The molecule has 0 aliphatic carbocycles. The highest BCUT2D eigenvalue weighted by atomic mass is 16.1. The van der Waals surface area contributed by atoms with Gasteiger partial charge in [0, 0.05) is 0 Å². The highest BCUT2D eigenvalue weighted by Gasteiger charge is 1.99. The van der Waals surface area contributed by atoms with Gasteiger partial charge in [-0.1, -0.05) is 30.3 Å². The van der Waals surface area contributed by atoms with Crippen molar-refractivity contribution in [3.8, 4) is 0 Å². The van der Waals surface area contributed by atoms with Crippen LogP contribution in [-0.2, 0) is 4.79 Å². The maximum atomic E-state index is 10.1. The molecule has 2 nitrogen and oxygen atoms in total. The normalized spacial score (nSPS) is 12.1. The van der Waals surface area contributed by atoms with Crippen molar-refractivity contribution in [2.45, 2.75) is 13.0 Å². The Morgan fingerprint density at radius 3 is 2.55 bits per heavy atom. The average Bonchev–Trinajstić information content (AvgIpc) is 2.07. The lowest BCUT2D eigenvalue weighted by molar-refractivity contribution is -0.110. The Hall–Kier alpha value is -1.31. The summed E-state index contributed by atoms with van der Waals surface area (Å²) >= 11 is 0. The number of hydrogen-bond acceptors (Lipinski definition) is 1. The molecule has 0 saturated carbocycles. The van der Waals surface area contributed by atoms with Gasteiger partial charge in [-0.3, -0.25) is 4.79 Å². The van der Waals surface area contributed by atoms with E-state index in [0.717, 1.165) is 12.0 Å². The predicted octanol–water partition coefficient (Wildman–Crippen LogP) is 1.49. The Bertz CT molecular complexity index is 220. The third-order valence-electron chi connectivity index (χ3n) is 1.62. The number of benzene rings is 1. The van der Waals surface area contributed by atoms with Gasteiger partial charge in [-0.25, -0.2) is 0 Å². The summed E-state index contributed by atoms with van der Waals surface area (Å²) in [6.07, 6.45) is 0.720. The summed E-state index contributed by atoms with van der Waals surface area (Å²) < 4.78 is 0. The Balaban J connectivity index is 2.68. The minimum Gasteiger partial charge on any atom is -0.352 e. The van der Waals surface area contributed by atoms with Gasteiger partial charge in [0.05, 0.1) is 6.04 Å². The molecule has 0 aliphatic rings. The molecule has 0 unspecified atom stereocenters. The minimum absolute atomic E-state index is 0.105. The van der Waals surface area contributed by atoms with E-state index in [4.69, 9.17) is 0 Å². The van der Waals surface area contributed by atoms with Crippen LogP contribution in [0.3, 0.4) is 0 Å². The molecule has 0 radical (unpaired) electrons. The third kappa shape index (κ3) is 2.08. The van der Waals surface area contributed by atoms with E-state index < -0.39 is 0 Å². The molecule has 0 bridgehead atoms. The lowest BCUT2D eigenvalue weighted by Gasteiger charge is -2.08. The fourth-order valence-electron chi connectivity index (χ4n) is 0.940. The Kier molecular flexibility index (Phi) is 2.66. The third-order valence-corrected chi connectivity index (χ3v) is 1.62. The maximum Gasteiger partial charge on any atom is 0.207 e. The van der Waals surface area contributed by atoms with Gasteiger partial charge in [0.2, 0.25) is 6.41 Å². The number of carbonyl (C=O) groups excluding carboxylic acids is 1. The van der Waals surface area contributed by atoms with E-state index in [-0.39, 0.29) is 6.04 Å². The monoisotopic (exact) mass is 149 g/mol. The van der Waals surface area contributed by atoms with Crippen LogP contribution in [0, 0.1) is 0 Å². The van der Waals surface area contributed by atoms with Crippen molar-refractivity contribution in [1.29, 1.82) is 0 Å². The molecule has 2 heteroatoms. The first-order chi connectivity index (χ1) is 5.34. The van der Waals surface area contributed by atoms with Crippen LogP contribution in [0.25, 0.3) is 0 Å². The molecule has 0 heterocycles. The zero-order chi connectivity index (χ0) is 8.10. The molecule has 1 N–H and O–H groups in total. The van der Waals surface area contributed by atoms with E-state index >= 15 is 0 Å². The minimum atomic E-state index is 0.105. The second-order valence-electron chi connectivity index (χ2n) is 2.42. The predicted molar refractivity (Wildman–Crippen MR) is 44.1 cm³/mol. The number of nitrogens with one attached hydrogen (secondary N) is 1. The SMILES string of the molecule is C[C@H](NC=O)c1ccccc1. The molecule has 0 aromatic heterocycles. The molecule has 0 saturated heterocycles. The Morgan fingerprint density at radius 1 is 1.36 bits per heavy atom. The fourth-order valence-corrected chi connectivity index (χ4v) is 0.940. The second-order valence-corrected chi connectivity index (χ2v) is 2.42. The maximum absolute atomic E-state index is 10.1. The van der Waals surface area contributed by atoms with E-state index in [2.05, 4.69) is 5.32 Å². The van der Waals surface area contributed by atoms with Crippen LogP contribution in [0.5, 0.6) is 0 Å². The van der Waals surface area contributed by atoms with Gasteiger partial charge in [-0.15, -0.1) is 0 Å². The van der Waals surface area contributed by atoms with E-state index in [1.807, 2.05) is 37.3 Å². The van der Waals surface area contributed by atoms with Crippen LogP contribution >= 0.6 is 0 Å². The smallest absolute Gasteiger partial charge is 0.207 e. The van der Waals surface area contributed by atoms with Crippen molar-refractivity contribution in [3.63, 3.8) is 0 Å². The summed E-state index contributed by atoms with van der Waals surface area (Å²) in [6, 6.07) is 9.95. The topological polar surface area (TPSA) is 29.1 Å². The first-order valence-electron chi connectivity index (χ1n) is 3.59. The average molecular weight is 149 g/mol. The number of carbonyl (C=O) groups is 1. The first kappa shape index (κ1) is 7.79. The molecule has 58 valence electrons. The molecular weight excluding hydrogens is 138 g/mol. The van der Waals surface area contributed by atoms with E-state index in [1.54, 1.807) is 0 Å².